The van der Waals surface area contributed by atoms with Crippen LogP contribution in [0.25, 0.3) is 0 Å². The summed E-state index contributed by atoms with van der Waals surface area (Å²) in [5, 5.41) is 0. The Kier molecular flexibility index (Phi) is 7.40. The van der Waals surface area contributed by atoms with Gasteiger partial charge in [0, 0.05) is 6.61 Å². The predicted octanol–water partition coefficient (Wildman–Crippen LogP) is 3.64. The Morgan fingerprint density at radius 3 is 2.75 bits per heavy atom. The van der Waals surface area contributed by atoms with Gasteiger partial charge in [-0.2, -0.15) is 30.3 Å². The minimum atomic E-state index is 0.516. The number of hydrogen-bond donors (Lipinski definition) is 0. The van der Waals surface area contributed by atoms with Crippen molar-refractivity contribution in [1.82, 2.24) is 0 Å². The molecule has 1 aromatic carbocycles. The van der Waals surface area contributed by atoms with Gasteiger partial charge in [-0.25, -0.2) is 0 Å². The summed E-state index contributed by atoms with van der Waals surface area (Å²) >= 11 is 4.25. The van der Waals surface area contributed by atoms with Gasteiger partial charge in [-0.1, -0.05) is 0 Å². The molecule has 0 fully saturated rings. The fraction of sp³-hybridized carbons (Fsp3) is 0.167. The molecule has 0 aliphatic rings. The van der Waals surface area contributed by atoms with E-state index in [1.165, 1.54) is 16.3 Å². The van der Waals surface area contributed by atoms with Crippen LogP contribution in [0, 0.1) is 6.07 Å². The standard InChI is InChI=1S/C12H11O2.BrH.Zn/c1-2-5-11(6-3-1)9-13-10-12-7-4-8-14-12;;/h1-2,4-8H,9-10H2;1H;/q-1;;+2/p-1. The fourth-order valence-electron chi connectivity index (χ4n) is 1.18. The van der Waals surface area contributed by atoms with Crippen LogP contribution in [-0.2, 0) is 34.3 Å². The van der Waals surface area contributed by atoms with Crippen molar-refractivity contribution in [2.75, 3.05) is 0 Å². The normalized spacial score (nSPS) is 9.44. The molecule has 0 spiro atoms. The average Bonchev–Trinajstić information content (AvgIpc) is 2.86. The third-order valence-corrected chi connectivity index (χ3v) is 1.86. The van der Waals surface area contributed by atoms with Crippen LogP contribution in [0.15, 0.2) is 47.1 Å². The van der Waals surface area contributed by atoms with Gasteiger partial charge in [0.2, 0.25) is 0 Å². The van der Waals surface area contributed by atoms with Gasteiger partial charge in [0.25, 0.3) is 0 Å². The third-order valence-electron chi connectivity index (χ3n) is 1.86. The molecule has 1 aromatic heterocycles. The van der Waals surface area contributed by atoms with Crippen LogP contribution in [-0.4, -0.2) is 0 Å². The van der Waals surface area contributed by atoms with Gasteiger partial charge < -0.3 is 9.15 Å². The van der Waals surface area contributed by atoms with Crippen LogP contribution in [0.5, 0.6) is 0 Å². The molecule has 0 saturated heterocycles. The smallest absolute Gasteiger partial charge is 0.129 e. The zero-order chi connectivity index (χ0) is 11.6. The first-order chi connectivity index (χ1) is 7.95. The van der Waals surface area contributed by atoms with Gasteiger partial charge in [-0.05, 0) is 12.1 Å². The van der Waals surface area contributed by atoms with Crippen LogP contribution in [0.4, 0.5) is 0 Å². The molecule has 0 unspecified atom stereocenters. The molecule has 2 rings (SSSR count). The van der Waals surface area contributed by atoms with Crippen LogP contribution in [0.3, 0.4) is 0 Å². The first-order valence-corrected chi connectivity index (χ1v) is 11.7. The summed E-state index contributed by atoms with van der Waals surface area (Å²) < 4.78 is 10.6. The van der Waals surface area contributed by atoms with E-state index in [1.807, 2.05) is 36.4 Å². The van der Waals surface area contributed by atoms with E-state index < -0.39 is 0 Å². The molecule has 16 heavy (non-hydrogen) atoms. The van der Waals surface area contributed by atoms with Gasteiger partial charge in [0.05, 0.1) is 6.26 Å². The molecule has 0 bridgehead atoms. The molecule has 2 nitrogen and oxygen atoms in total. The van der Waals surface area contributed by atoms with Gasteiger partial charge in [0.15, 0.2) is 0 Å². The second-order valence-corrected chi connectivity index (χ2v) is 2.98. The Labute approximate surface area is 112 Å². The van der Waals surface area contributed by atoms with E-state index in [1.54, 1.807) is 6.26 Å². The summed E-state index contributed by atoms with van der Waals surface area (Å²) in [7, 11) is 0. The average molecular weight is 333 g/mol. The second kappa shape index (κ2) is 8.69. The Morgan fingerprint density at radius 2 is 2.12 bits per heavy atom. The zero-order valence-corrected chi connectivity index (χ0v) is 13.4. The minimum Gasteiger partial charge on any atom is -0.467 e. The van der Waals surface area contributed by atoms with Crippen molar-refractivity contribution >= 4 is 13.6 Å². The first-order valence-electron chi connectivity index (χ1n) is 4.77. The largest absolute Gasteiger partial charge is 0.467 e. The quantitative estimate of drug-likeness (QED) is 0.630. The summed E-state index contributed by atoms with van der Waals surface area (Å²) in [4.78, 5) is 0. The number of benzene rings is 1. The molecule has 0 aliphatic carbocycles. The van der Waals surface area contributed by atoms with Crippen molar-refractivity contribution in [3.63, 3.8) is 0 Å². The van der Waals surface area contributed by atoms with E-state index >= 15 is 0 Å². The maximum absolute atomic E-state index is 5.45. The van der Waals surface area contributed by atoms with E-state index in [9.17, 15) is 0 Å². The van der Waals surface area contributed by atoms with Gasteiger partial charge >= 0.3 is 30.0 Å². The molecule has 4 heteroatoms. The molecule has 0 N–H and O–H groups in total. The molecule has 0 saturated carbocycles. The Hall–Kier alpha value is -0.437. The van der Waals surface area contributed by atoms with Gasteiger partial charge in [0.1, 0.15) is 12.4 Å². The molecule has 0 amide bonds. The van der Waals surface area contributed by atoms with Crippen molar-refractivity contribution in [1.29, 1.82) is 0 Å². The summed E-state index contributed by atoms with van der Waals surface area (Å²) in [5.74, 6) is 0.852. The summed E-state index contributed by atoms with van der Waals surface area (Å²) in [6, 6.07) is 14.5. The first kappa shape index (κ1) is 13.6. The third kappa shape index (κ3) is 5.06. The van der Waals surface area contributed by atoms with Crippen LogP contribution >= 0.6 is 13.6 Å². The molecule has 2 aromatic rings. The SMILES string of the molecule is [Zn+][Br].[c-]1cccc(COCc2ccco2)c1. The van der Waals surface area contributed by atoms with Crippen LogP contribution in [0.1, 0.15) is 11.3 Å². The summed E-state index contributed by atoms with van der Waals surface area (Å²) in [6.45, 7) is 1.11. The zero-order valence-electron chi connectivity index (χ0n) is 8.86. The second-order valence-electron chi connectivity index (χ2n) is 2.98. The monoisotopic (exact) mass is 330 g/mol. The maximum Gasteiger partial charge on any atom is 0.129 e. The van der Waals surface area contributed by atoms with E-state index in [0.717, 1.165) is 11.3 Å². The number of rotatable bonds is 4. The maximum atomic E-state index is 5.45. The Morgan fingerprint density at radius 1 is 1.25 bits per heavy atom. The molecule has 0 aliphatic heterocycles. The molecule has 0 radical (unpaired) electrons. The van der Waals surface area contributed by atoms with E-state index in [4.69, 9.17) is 9.15 Å². The molecular formula is C12H11BrO2Zn. The van der Waals surface area contributed by atoms with Crippen molar-refractivity contribution in [3.8, 4) is 0 Å². The van der Waals surface area contributed by atoms with E-state index in [0.29, 0.717) is 13.2 Å². The van der Waals surface area contributed by atoms with Crippen LogP contribution < -0.4 is 0 Å². The van der Waals surface area contributed by atoms with E-state index in [2.05, 4.69) is 19.7 Å². The number of hydrogen-bond acceptors (Lipinski definition) is 2. The van der Waals surface area contributed by atoms with Crippen molar-refractivity contribution in [3.05, 3.63) is 60.1 Å². The molecular weight excluding hydrogens is 321 g/mol. The van der Waals surface area contributed by atoms with Crippen molar-refractivity contribution < 1.29 is 25.5 Å². The number of ether oxygens (including phenoxy) is 1. The van der Waals surface area contributed by atoms with Crippen molar-refractivity contribution in [2.45, 2.75) is 13.2 Å². The van der Waals surface area contributed by atoms with Crippen LogP contribution in [0.2, 0.25) is 0 Å². The molecule has 80 valence electrons. The summed E-state index contributed by atoms with van der Waals surface area (Å²) in [5.41, 5.74) is 1.12. The Balaban J connectivity index is 0.000000606. The number of furan rings is 1. The van der Waals surface area contributed by atoms with E-state index in [-0.39, 0.29) is 0 Å². The van der Waals surface area contributed by atoms with Crippen molar-refractivity contribution in [2.24, 2.45) is 0 Å². The molecule has 1 heterocycles. The topological polar surface area (TPSA) is 22.4 Å². The molecule has 0 atom stereocenters. The van der Waals surface area contributed by atoms with Gasteiger partial charge in [-0.15, -0.1) is 5.56 Å². The minimum absolute atomic E-state index is 0.516. The fourth-order valence-corrected chi connectivity index (χ4v) is 1.18. The summed E-state index contributed by atoms with van der Waals surface area (Å²) in [6.07, 6.45) is 1.65. The Bertz CT molecular complexity index is 362. The predicted molar refractivity (Wildman–Crippen MR) is 61.4 cm³/mol. The number of halogens is 1. The van der Waals surface area contributed by atoms with Gasteiger partial charge in [-0.3, -0.25) is 0 Å².